The number of carbonyl (C=O) groups excluding carboxylic acids is 1. The van der Waals surface area contributed by atoms with Gasteiger partial charge in [0.05, 0.1) is 18.1 Å². The highest BCUT2D eigenvalue weighted by Crippen LogP contribution is 2.54. The highest BCUT2D eigenvalue weighted by atomic mass is 16.3. The molecule has 1 aliphatic carbocycles. The number of hydrogen-bond acceptors (Lipinski definition) is 3. The number of carbonyl (C=O) groups is 1. The molecule has 1 saturated carbocycles. The second-order valence-corrected chi connectivity index (χ2v) is 7.59. The summed E-state index contributed by atoms with van der Waals surface area (Å²) in [5.41, 5.74) is -0.107. The molecule has 0 aromatic carbocycles. The highest BCUT2D eigenvalue weighted by Gasteiger charge is 2.55. The fraction of sp³-hybridized carbons (Fsp3) is 0.941. The summed E-state index contributed by atoms with van der Waals surface area (Å²) in [4.78, 5) is 17.5. The van der Waals surface area contributed by atoms with Gasteiger partial charge in [0.25, 0.3) is 0 Å². The Morgan fingerprint density at radius 2 is 1.90 bits per heavy atom. The fourth-order valence-corrected chi connectivity index (χ4v) is 4.32. The molecule has 1 N–H and O–H groups in total. The number of aliphatic hydroxyl groups is 1. The molecule has 2 unspecified atom stereocenters. The minimum atomic E-state index is -0.107. The molecule has 2 heterocycles. The largest absolute Gasteiger partial charge is 0.394 e. The summed E-state index contributed by atoms with van der Waals surface area (Å²) in [5, 5.41) is 9.71. The average molecular weight is 294 g/mol. The Labute approximate surface area is 128 Å². The van der Waals surface area contributed by atoms with Gasteiger partial charge in [-0.05, 0) is 51.1 Å². The van der Waals surface area contributed by atoms with Gasteiger partial charge in [0.2, 0.25) is 5.91 Å². The summed E-state index contributed by atoms with van der Waals surface area (Å²) >= 11 is 0. The van der Waals surface area contributed by atoms with Gasteiger partial charge in [0.1, 0.15) is 0 Å². The molecule has 0 spiro atoms. The zero-order valence-corrected chi connectivity index (χ0v) is 13.6. The summed E-state index contributed by atoms with van der Waals surface area (Å²) in [6, 6.07) is 0.509. The number of aliphatic hydroxyl groups excluding tert-OH is 1. The van der Waals surface area contributed by atoms with Crippen molar-refractivity contribution >= 4 is 5.91 Å². The van der Waals surface area contributed by atoms with Crippen molar-refractivity contribution < 1.29 is 9.90 Å². The second kappa shape index (κ2) is 5.88. The molecule has 2 atom stereocenters. The van der Waals surface area contributed by atoms with E-state index >= 15 is 0 Å². The Kier molecular flexibility index (Phi) is 4.28. The summed E-state index contributed by atoms with van der Waals surface area (Å²) in [6.07, 6.45) is 6.93. The molecular formula is C17H30N2O2. The zero-order chi connectivity index (χ0) is 15.0. The molecule has 3 fully saturated rings. The van der Waals surface area contributed by atoms with Crippen LogP contribution in [0, 0.1) is 11.3 Å². The van der Waals surface area contributed by atoms with Crippen LogP contribution in [0.2, 0.25) is 0 Å². The van der Waals surface area contributed by atoms with Crippen molar-refractivity contribution in [2.75, 3.05) is 26.2 Å². The molecule has 4 heteroatoms. The van der Waals surface area contributed by atoms with E-state index in [-0.39, 0.29) is 18.1 Å². The first-order valence-corrected chi connectivity index (χ1v) is 8.74. The topological polar surface area (TPSA) is 43.8 Å². The van der Waals surface area contributed by atoms with Gasteiger partial charge in [-0.1, -0.05) is 20.3 Å². The second-order valence-electron chi connectivity index (χ2n) is 7.59. The van der Waals surface area contributed by atoms with Gasteiger partial charge in [0, 0.05) is 12.6 Å². The smallest absolute Gasteiger partial charge is 0.229 e. The Bertz CT molecular complexity index is 386. The van der Waals surface area contributed by atoms with Gasteiger partial charge in [-0.2, -0.15) is 0 Å². The van der Waals surface area contributed by atoms with Gasteiger partial charge >= 0.3 is 0 Å². The van der Waals surface area contributed by atoms with Crippen LogP contribution in [-0.4, -0.2) is 59.1 Å². The normalized spacial score (nSPS) is 32.7. The van der Waals surface area contributed by atoms with E-state index in [2.05, 4.69) is 18.7 Å². The van der Waals surface area contributed by atoms with Crippen molar-refractivity contribution in [3.05, 3.63) is 0 Å². The lowest BCUT2D eigenvalue weighted by molar-refractivity contribution is -0.140. The van der Waals surface area contributed by atoms with Crippen LogP contribution in [0.25, 0.3) is 0 Å². The van der Waals surface area contributed by atoms with E-state index in [1.165, 1.54) is 32.4 Å². The number of likely N-dealkylation sites (tertiary alicyclic amines) is 2. The van der Waals surface area contributed by atoms with E-state index in [1.54, 1.807) is 0 Å². The van der Waals surface area contributed by atoms with Crippen LogP contribution in [-0.2, 0) is 4.79 Å². The van der Waals surface area contributed by atoms with Crippen molar-refractivity contribution in [3.63, 3.8) is 0 Å². The van der Waals surface area contributed by atoms with Gasteiger partial charge < -0.3 is 10.0 Å². The SMILES string of the molecule is CC(C)C1(C(=O)N2CC(N3CCCCC3)CC2CO)CC1. The minimum absolute atomic E-state index is 0.0423. The summed E-state index contributed by atoms with van der Waals surface area (Å²) < 4.78 is 0. The van der Waals surface area contributed by atoms with Crippen molar-refractivity contribution in [1.29, 1.82) is 0 Å². The van der Waals surface area contributed by atoms with E-state index < -0.39 is 0 Å². The lowest BCUT2D eigenvalue weighted by Crippen LogP contribution is -2.45. The first-order chi connectivity index (χ1) is 10.1. The molecule has 2 aliphatic heterocycles. The number of hydrogen-bond donors (Lipinski definition) is 1. The van der Waals surface area contributed by atoms with Gasteiger partial charge in [0.15, 0.2) is 0 Å². The molecule has 1 amide bonds. The Balaban J connectivity index is 1.68. The zero-order valence-electron chi connectivity index (χ0n) is 13.6. The maximum Gasteiger partial charge on any atom is 0.229 e. The molecule has 120 valence electrons. The molecule has 0 aromatic rings. The van der Waals surface area contributed by atoms with E-state index in [4.69, 9.17) is 0 Å². The Hall–Kier alpha value is -0.610. The van der Waals surface area contributed by atoms with Crippen LogP contribution in [0.15, 0.2) is 0 Å². The molecule has 21 heavy (non-hydrogen) atoms. The number of rotatable bonds is 4. The number of amides is 1. The maximum absolute atomic E-state index is 13.0. The third kappa shape index (κ3) is 2.72. The summed E-state index contributed by atoms with van der Waals surface area (Å²) in [6.45, 7) is 7.61. The van der Waals surface area contributed by atoms with E-state index in [9.17, 15) is 9.90 Å². The molecule has 0 radical (unpaired) electrons. The van der Waals surface area contributed by atoms with E-state index in [0.29, 0.717) is 17.9 Å². The Morgan fingerprint density at radius 3 is 2.43 bits per heavy atom. The fourth-order valence-electron chi connectivity index (χ4n) is 4.32. The molecule has 0 aromatic heterocycles. The number of nitrogens with zero attached hydrogens (tertiary/aromatic N) is 2. The van der Waals surface area contributed by atoms with Crippen LogP contribution in [0.4, 0.5) is 0 Å². The van der Waals surface area contributed by atoms with Crippen molar-refractivity contribution in [2.45, 2.75) is 64.5 Å². The molecule has 3 rings (SSSR count). The van der Waals surface area contributed by atoms with E-state index in [0.717, 1.165) is 25.8 Å². The standard InChI is InChI=1S/C17H30N2O2/c1-13(2)17(6-7-17)16(21)19-11-14(10-15(19)12-20)18-8-4-3-5-9-18/h13-15,20H,3-12H2,1-2H3. The van der Waals surface area contributed by atoms with Gasteiger partial charge in [-0.3, -0.25) is 9.69 Å². The van der Waals surface area contributed by atoms with Crippen LogP contribution in [0.3, 0.4) is 0 Å². The lowest BCUT2D eigenvalue weighted by atomic mass is 9.90. The summed E-state index contributed by atoms with van der Waals surface area (Å²) in [5.74, 6) is 0.731. The van der Waals surface area contributed by atoms with E-state index in [1.807, 2.05) is 4.90 Å². The van der Waals surface area contributed by atoms with Crippen LogP contribution < -0.4 is 0 Å². The third-order valence-electron chi connectivity index (χ3n) is 6.09. The first-order valence-electron chi connectivity index (χ1n) is 8.74. The average Bonchev–Trinajstić information content (AvgIpc) is 3.21. The quantitative estimate of drug-likeness (QED) is 0.861. The first kappa shape index (κ1) is 15.3. The third-order valence-corrected chi connectivity index (χ3v) is 6.09. The maximum atomic E-state index is 13.0. The van der Waals surface area contributed by atoms with Gasteiger partial charge in [-0.15, -0.1) is 0 Å². The predicted molar refractivity (Wildman–Crippen MR) is 82.9 cm³/mol. The van der Waals surface area contributed by atoms with Crippen molar-refractivity contribution in [2.24, 2.45) is 11.3 Å². The Morgan fingerprint density at radius 1 is 1.24 bits per heavy atom. The molecule has 2 saturated heterocycles. The monoisotopic (exact) mass is 294 g/mol. The number of piperidine rings is 1. The molecular weight excluding hydrogens is 264 g/mol. The minimum Gasteiger partial charge on any atom is -0.394 e. The van der Waals surface area contributed by atoms with Crippen molar-refractivity contribution in [1.82, 2.24) is 9.80 Å². The van der Waals surface area contributed by atoms with Crippen molar-refractivity contribution in [3.8, 4) is 0 Å². The van der Waals surface area contributed by atoms with Gasteiger partial charge in [-0.25, -0.2) is 0 Å². The van der Waals surface area contributed by atoms with Crippen LogP contribution in [0.1, 0.15) is 52.4 Å². The predicted octanol–water partition coefficient (Wildman–Crippen LogP) is 1.87. The van der Waals surface area contributed by atoms with Crippen LogP contribution in [0.5, 0.6) is 0 Å². The van der Waals surface area contributed by atoms with Crippen LogP contribution >= 0.6 is 0 Å². The highest BCUT2D eigenvalue weighted by molar-refractivity contribution is 5.86. The molecule has 3 aliphatic rings. The summed E-state index contributed by atoms with van der Waals surface area (Å²) in [7, 11) is 0. The molecule has 4 nitrogen and oxygen atoms in total. The molecule has 0 bridgehead atoms. The lowest BCUT2D eigenvalue weighted by Gasteiger charge is -2.33.